The van der Waals surface area contributed by atoms with Gasteiger partial charge in [0, 0.05) is 0 Å². The fraction of sp³-hybridized carbons (Fsp3) is 0.400. The molecule has 0 fully saturated rings. The van der Waals surface area contributed by atoms with Crippen LogP contribution in [0.25, 0.3) is 6.08 Å². The van der Waals surface area contributed by atoms with Crippen molar-refractivity contribution in [3.8, 4) is 11.5 Å². The summed E-state index contributed by atoms with van der Waals surface area (Å²) in [5, 5.41) is 10.2. The van der Waals surface area contributed by atoms with Gasteiger partial charge < -0.3 is 14.6 Å². The van der Waals surface area contributed by atoms with Crippen LogP contribution in [-0.2, 0) is 4.79 Å². The first-order valence-corrected chi connectivity index (χ1v) is 13.9. The number of ether oxygens (including phenoxy) is 2. The van der Waals surface area contributed by atoms with Crippen molar-refractivity contribution >= 4 is 12.0 Å². The van der Waals surface area contributed by atoms with Crippen LogP contribution in [-0.4, -0.2) is 24.3 Å². The minimum absolute atomic E-state index is 0.188. The Bertz CT molecular complexity index is 1030. The third-order valence-corrected chi connectivity index (χ3v) is 5.65. The summed E-state index contributed by atoms with van der Waals surface area (Å²) < 4.78 is 10.9. The molecule has 0 aliphatic heterocycles. The summed E-state index contributed by atoms with van der Waals surface area (Å²) in [6.07, 6.45) is 34.4. The molecule has 0 saturated heterocycles. The van der Waals surface area contributed by atoms with Gasteiger partial charge in [-0.3, -0.25) is 4.79 Å². The molecule has 0 heterocycles. The number of methoxy groups -OCH3 is 1. The molecule has 0 bridgehead atoms. The van der Waals surface area contributed by atoms with Gasteiger partial charge in [0.2, 0.25) is 0 Å². The van der Waals surface area contributed by atoms with E-state index in [1.807, 2.05) is 45.1 Å². The van der Waals surface area contributed by atoms with E-state index in [1.165, 1.54) is 7.11 Å². The second-order valence-corrected chi connectivity index (χ2v) is 10.2. The first-order chi connectivity index (χ1) is 18.8. The van der Waals surface area contributed by atoms with Crippen molar-refractivity contribution in [3.63, 3.8) is 0 Å². The maximum atomic E-state index is 12.2. The number of aliphatic hydroxyl groups is 1. The van der Waals surface area contributed by atoms with Gasteiger partial charge in [-0.15, -0.1) is 0 Å². The molecule has 0 saturated carbocycles. The van der Waals surface area contributed by atoms with Crippen LogP contribution >= 0.6 is 0 Å². The molecule has 4 nitrogen and oxygen atoms in total. The van der Waals surface area contributed by atoms with Crippen molar-refractivity contribution < 1.29 is 19.4 Å². The lowest BCUT2D eigenvalue weighted by atomic mass is 9.89. The Labute approximate surface area is 236 Å². The number of hydrogen-bond acceptors (Lipinski definition) is 4. The van der Waals surface area contributed by atoms with E-state index >= 15 is 0 Å². The lowest BCUT2D eigenvalue weighted by Gasteiger charge is -2.22. The van der Waals surface area contributed by atoms with Gasteiger partial charge in [-0.1, -0.05) is 119 Å². The number of hydrogen-bond donors (Lipinski definition) is 1. The Morgan fingerprint density at radius 3 is 1.74 bits per heavy atom. The zero-order valence-electron chi connectivity index (χ0n) is 24.5. The summed E-state index contributed by atoms with van der Waals surface area (Å²) in [5.74, 6) is 0.501. The van der Waals surface area contributed by atoms with E-state index in [1.54, 1.807) is 18.2 Å². The third-order valence-electron chi connectivity index (χ3n) is 5.65. The molecule has 0 spiro atoms. The maximum Gasteiger partial charge on any atom is 0.315 e. The highest BCUT2D eigenvalue weighted by Gasteiger charge is 2.19. The number of carbonyl (C=O) groups excluding carboxylic acids is 1. The summed E-state index contributed by atoms with van der Waals surface area (Å²) in [6.45, 7) is 8.07. The zero-order chi connectivity index (χ0) is 28.8. The van der Waals surface area contributed by atoms with E-state index in [4.69, 9.17) is 9.47 Å². The van der Waals surface area contributed by atoms with Gasteiger partial charge in [-0.05, 0) is 61.6 Å². The summed E-state index contributed by atoms with van der Waals surface area (Å²) >= 11 is 0. The third kappa shape index (κ3) is 17.0. The lowest BCUT2D eigenvalue weighted by molar-refractivity contribution is -0.133. The van der Waals surface area contributed by atoms with Crippen molar-refractivity contribution in [1.82, 2.24) is 0 Å². The average Bonchev–Trinajstić information content (AvgIpc) is 2.91. The molecule has 1 unspecified atom stereocenters. The Morgan fingerprint density at radius 1 is 0.795 bits per heavy atom. The zero-order valence-corrected chi connectivity index (χ0v) is 24.5. The van der Waals surface area contributed by atoms with E-state index in [-0.39, 0.29) is 17.8 Å². The van der Waals surface area contributed by atoms with E-state index in [0.717, 1.165) is 44.1 Å². The topological polar surface area (TPSA) is 55.8 Å². The van der Waals surface area contributed by atoms with Gasteiger partial charge in [-0.2, -0.15) is 0 Å². The highest BCUT2D eigenvalue weighted by Crippen LogP contribution is 2.29. The summed E-state index contributed by atoms with van der Waals surface area (Å²) in [7, 11) is 1.54. The Kier molecular flexibility index (Phi) is 17.8. The molecule has 1 rings (SSSR count). The second kappa shape index (κ2) is 20.6. The average molecular weight is 533 g/mol. The number of allylic oxidation sites excluding steroid dienone is 11. The van der Waals surface area contributed by atoms with Crippen LogP contribution < -0.4 is 9.47 Å². The monoisotopic (exact) mass is 532 g/mol. The van der Waals surface area contributed by atoms with Gasteiger partial charge in [-0.25, -0.2) is 0 Å². The predicted molar refractivity (Wildman–Crippen MR) is 166 cm³/mol. The first-order valence-electron chi connectivity index (χ1n) is 13.9. The fourth-order valence-electron chi connectivity index (χ4n) is 3.23. The van der Waals surface area contributed by atoms with Crippen molar-refractivity contribution in [2.75, 3.05) is 7.11 Å². The lowest BCUT2D eigenvalue weighted by Crippen LogP contribution is -2.23. The van der Waals surface area contributed by atoms with E-state index < -0.39 is 6.10 Å². The molecule has 0 aliphatic carbocycles. The first kappa shape index (κ1) is 33.7. The summed E-state index contributed by atoms with van der Waals surface area (Å²) in [6, 6.07) is 5.32. The fourth-order valence-corrected chi connectivity index (χ4v) is 3.23. The largest absolute Gasteiger partial charge is 0.493 e. The number of esters is 1. The molecular weight excluding hydrogens is 484 g/mol. The number of rotatable bonds is 17. The maximum absolute atomic E-state index is 12.2. The highest BCUT2D eigenvalue weighted by atomic mass is 16.6. The van der Waals surface area contributed by atoms with E-state index in [0.29, 0.717) is 11.5 Å². The molecule has 1 atom stereocenters. The molecule has 4 heteroatoms. The van der Waals surface area contributed by atoms with Crippen LogP contribution in [0.3, 0.4) is 0 Å². The smallest absolute Gasteiger partial charge is 0.315 e. The minimum atomic E-state index is -0.567. The van der Waals surface area contributed by atoms with Crippen LogP contribution in [0.4, 0.5) is 0 Å². The highest BCUT2D eigenvalue weighted by molar-refractivity contribution is 5.75. The summed E-state index contributed by atoms with van der Waals surface area (Å²) in [5.41, 5.74) is 0.615. The number of benzene rings is 1. The van der Waals surface area contributed by atoms with Crippen LogP contribution in [0.1, 0.15) is 78.2 Å². The Balaban J connectivity index is 2.31. The standard InChI is InChI=1S/C35H48O4/c1-6-7-8-9-10-11-12-13-14-15-16-17-18-19-20-21-22-23-24-34(37)39-31-27-25-30(29-32(31)38-5)26-28-33(36)35(2,3)4/h7-8,10-11,13-14,16-17,19-20,22-23,25-29,33,36H,6,9,12,15,18,21,24H2,1-5H3/b8-7-,11-10-,14-13-,17-16-,20-19-,23-22-,28-26+. The molecular formula is C35H48O4. The van der Waals surface area contributed by atoms with E-state index in [2.05, 4.69) is 67.7 Å². The summed E-state index contributed by atoms with van der Waals surface area (Å²) in [4.78, 5) is 12.2. The molecule has 0 aliphatic rings. The second-order valence-electron chi connectivity index (χ2n) is 10.2. The molecule has 0 amide bonds. The molecule has 212 valence electrons. The molecule has 1 aromatic rings. The molecule has 1 aromatic carbocycles. The predicted octanol–water partition coefficient (Wildman–Crippen LogP) is 9.11. The minimum Gasteiger partial charge on any atom is -0.493 e. The Morgan fingerprint density at radius 2 is 1.28 bits per heavy atom. The van der Waals surface area contributed by atoms with E-state index in [9.17, 15) is 9.90 Å². The molecule has 1 N–H and O–H groups in total. The van der Waals surface area contributed by atoms with Gasteiger partial charge in [0.1, 0.15) is 0 Å². The Hall–Kier alpha value is -3.37. The molecule has 39 heavy (non-hydrogen) atoms. The van der Waals surface area contributed by atoms with Crippen molar-refractivity contribution in [3.05, 3.63) is 103 Å². The van der Waals surface area contributed by atoms with Crippen molar-refractivity contribution in [2.24, 2.45) is 5.41 Å². The van der Waals surface area contributed by atoms with Crippen molar-refractivity contribution in [1.29, 1.82) is 0 Å². The van der Waals surface area contributed by atoms with Gasteiger partial charge in [0.25, 0.3) is 0 Å². The van der Waals surface area contributed by atoms with Crippen LogP contribution in [0.5, 0.6) is 11.5 Å². The molecule has 0 radical (unpaired) electrons. The number of carbonyl (C=O) groups is 1. The van der Waals surface area contributed by atoms with Crippen LogP contribution in [0, 0.1) is 5.41 Å². The number of aliphatic hydroxyl groups excluding tert-OH is 1. The van der Waals surface area contributed by atoms with Gasteiger partial charge >= 0.3 is 5.97 Å². The van der Waals surface area contributed by atoms with Crippen LogP contribution in [0.2, 0.25) is 0 Å². The SMILES string of the molecule is CC/C=C\C/C=C\C/C=C\C/C=C\C/C=C\C/C=C\CC(=O)Oc1ccc(/C=C/C(O)C(C)(C)C)cc1OC. The normalized spacial score (nSPS) is 13.9. The molecule has 0 aromatic heterocycles. The van der Waals surface area contributed by atoms with Crippen molar-refractivity contribution in [2.45, 2.75) is 78.7 Å². The van der Waals surface area contributed by atoms with Crippen LogP contribution in [0.15, 0.2) is 97.2 Å². The van der Waals surface area contributed by atoms with Gasteiger partial charge in [0.05, 0.1) is 19.6 Å². The van der Waals surface area contributed by atoms with Gasteiger partial charge in [0.15, 0.2) is 11.5 Å². The quantitative estimate of drug-likeness (QED) is 0.123.